The molecule has 0 aliphatic carbocycles. The highest BCUT2D eigenvalue weighted by molar-refractivity contribution is 6.04. The summed E-state index contributed by atoms with van der Waals surface area (Å²) in [6, 6.07) is 6.55. The summed E-state index contributed by atoms with van der Waals surface area (Å²) in [5.74, 6) is -1.42. The van der Waals surface area contributed by atoms with Gasteiger partial charge in [-0.25, -0.2) is 24.3 Å². The average molecular weight is 343 g/mol. The van der Waals surface area contributed by atoms with Gasteiger partial charge in [0.05, 0.1) is 31.4 Å². The second-order valence-electron chi connectivity index (χ2n) is 5.27. The molecule has 0 saturated carbocycles. The van der Waals surface area contributed by atoms with Crippen molar-refractivity contribution in [3.63, 3.8) is 0 Å². The molecular formula is C17H17N3O5. The number of amides is 3. The third-order valence-corrected chi connectivity index (χ3v) is 3.77. The zero-order valence-electron chi connectivity index (χ0n) is 14.1. The Kier molecular flexibility index (Phi) is 5.49. The molecule has 8 heteroatoms. The predicted molar refractivity (Wildman–Crippen MR) is 87.0 cm³/mol. The number of imide groups is 1. The van der Waals surface area contributed by atoms with Crippen LogP contribution in [0.15, 0.2) is 29.3 Å². The molecule has 0 spiro atoms. The Hall–Kier alpha value is -3.21. The molecule has 2 rings (SSSR count). The van der Waals surface area contributed by atoms with Crippen molar-refractivity contribution in [2.75, 3.05) is 13.7 Å². The topological polar surface area (TPSA) is 109 Å². The molecule has 1 aliphatic rings. The van der Waals surface area contributed by atoms with E-state index in [1.807, 2.05) is 0 Å². The number of ether oxygens (including phenoxy) is 2. The molecule has 0 bridgehead atoms. The molecular weight excluding hydrogens is 326 g/mol. The van der Waals surface area contributed by atoms with E-state index in [1.54, 1.807) is 26.0 Å². The number of carbonyl (C=O) groups is 3. The van der Waals surface area contributed by atoms with Crippen LogP contribution < -0.4 is 0 Å². The Balaban J connectivity index is 2.57. The first-order valence-electron chi connectivity index (χ1n) is 7.57. The molecule has 0 saturated heterocycles. The summed E-state index contributed by atoms with van der Waals surface area (Å²) < 4.78 is 9.61. The third-order valence-electron chi connectivity index (χ3n) is 3.77. The van der Waals surface area contributed by atoms with Crippen LogP contribution in [0, 0.1) is 17.2 Å². The molecule has 1 aromatic rings. The highest BCUT2D eigenvalue weighted by Gasteiger charge is 2.42. The van der Waals surface area contributed by atoms with Crippen molar-refractivity contribution in [3.05, 3.63) is 35.4 Å². The van der Waals surface area contributed by atoms with Gasteiger partial charge in [-0.05, 0) is 31.5 Å². The van der Waals surface area contributed by atoms with Crippen LogP contribution in [0.4, 0.5) is 9.59 Å². The molecule has 1 aromatic carbocycles. The maximum atomic E-state index is 12.3. The summed E-state index contributed by atoms with van der Waals surface area (Å²) in [4.78, 5) is 40.9. The molecule has 0 aromatic heterocycles. The summed E-state index contributed by atoms with van der Waals surface area (Å²) in [6.45, 7) is 3.22. The van der Waals surface area contributed by atoms with E-state index in [2.05, 4.69) is 15.8 Å². The van der Waals surface area contributed by atoms with Gasteiger partial charge in [0.15, 0.2) is 0 Å². The number of methoxy groups -OCH3 is 1. The smallest absolute Gasteiger partial charge is 0.418 e. The van der Waals surface area contributed by atoms with E-state index >= 15 is 0 Å². The van der Waals surface area contributed by atoms with Crippen LogP contribution in [-0.4, -0.2) is 42.4 Å². The van der Waals surface area contributed by atoms with E-state index in [9.17, 15) is 19.6 Å². The second kappa shape index (κ2) is 7.57. The quantitative estimate of drug-likeness (QED) is 0.781. The highest BCUT2D eigenvalue weighted by Crippen LogP contribution is 2.34. The van der Waals surface area contributed by atoms with Gasteiger partial charge in [0.25, 0.3) is 0 Å². The number of urea groups is 1. The van der Waals surface area contributed by atoms with Crippen molar-refractivity contribution < 1.29 is 23.9 Å². The number of hydrogen-bond acceptors (Lipinski definition) is 6. The molecule has 2 atom stereocenters. The molecule has 8 nitrogen and oxygen atoms in total. The van der Waals surface area contributed by atoms with E-state index < -0.39 is 30.1 Å². The number of nitriles is 1. The molecule has 25 heavy (non-hydrogen) atoms. The summed E-state index contributed by atoms with van der Waals surface area (Å²) >= 11 is 0. The Labute approximate surface area is 144 Å². The van der Waals surface area contributed by atoms with Crippen LogP contribution in [0.25, 0.3) is 0 Å². The normalized spacial score (nSPS) is 19.7. The first kappa shape index (κ1) is 18.1. The van der Waals surface area contributed by atoms with Gasteiger partial charge < -0.3 is 9.47 Å². The number of nitrogens with zero attached hydrogens (tertiary/aromatic N) is 3. The van der Waals surface area contributed by atoms with Gasteiger partial charge in [0.2, 0.25) is 0 Å². The molecule has 1 heterocycles. The fourth-order valence-electron chi connectivity index (χ4n) is 2.63. The fraction of sp³-hybridized carbons (Fsp3) is 0.353. The SMILES string of the molecule is CCOC(=O)N1C(=O)N=C(C)C(C#N)C1c1cccc(C(=O)OC)c1. The zero-order chi connectivity index (χ0) is 18.6. The number of rotatable bonds is 3. The van der Waals surface area contributed by atoms with Crippen LogP contribution in [0.3, 0.4) is 0 Å². The first-order chi connectivity index (χ1) is 11.9. The van der Waals surface area contributed by atoms with Crippen molar-refractivity contribution in [1.82, 2.24) is 4.90 Å². The van der Waals surface area contributed by atoms with Gasteiger partial charge in [-0.15, -0.1) is 0 Å². The van der Waals surface area contributed by atoms with Gasteiger partial charge in [0.1, 0.15) is 5.92 Å². The standard InChI is InChI=1S/C17H17N3O5/c1-4-25-17(23)20-14(13(9-18)10(2)19-16(20)22)11-6-5-7-12(8-11)15(21)24-3/h5-8,13-14H,4H2,1-3H3. The number of esters is 1. The van der Waals surface area contributed by atoms with Crippen LogP contribution in [0.2, 0.25) is 0 Å². The predicted octanol–water partition coefficient (Wildman–Crippen LogP) is 2.71. The molecule has 3 amide bonds. The summed E-state index contributed by atoms with van der Waals surface area (Å²) in [5, 5.41) is 9.52. The molecule has 0 N–H and O–H groups in total. The minimum Gasteiger partial charge on any atom is -0.465 e. The summed E-state index contributed by atoms with van der Waals surface area (Å²) in [7, 11) is 1.25. The van der Waals surface area contributed by atoms with Crippen molar-refractivity contribution in [2.24, 2.45) is 10.9 Å². The van der Waals surface area contributed by atoms with Crippen molar-refractivity contribution in [1.29, 1.82) is 5.26 Å². The van der Waals surface area contributed by atoms with Gasteiger partial charge in [-0.2, -0.15) is 5.26 Å². The van der Waals surface area contributed by atoms with Gasteiger partial charge in [-0.3, -0.25) is 0 Å². The monoisotopic (exact) mass is 343 g/mol. The molecule has 0 radical (unpaired) electrons. The lowest BCUT2D eigenvalue weighted by molar-refractivity contribution is 0.0600. The lowest BCUT2D eigenvalue weighted by atomic mass is 9.87. The van der Waals surface area contributed by atoms with Crippen molar-refractivity contribution in [2.45, 2.75) is 19.9 Å². The van der Waals surface area contributed by atoms with Crippen molar-refractivity contribution in [3.8, 4) is 6.07 Å². The number of carbonyl (C=O) groups excluding carboxylic acids is 3. The van der Waals surface area contributed by atoms with E-state index in [4.69, 9.17) is 4.74 Å². The minimum atomic E-state index is -0.946. The third kappa shape index (κ3) is 3.50. The van der Waals surface area contributed by atoms with Gasteiger partial charge in [0, 0.05) is 5.71 Å². The molecule has 130 valence electrons. The van der Waals surface area contributed by atoms with E-state index in [0.29, 0.717) is 11.3 Å². The van der Waals surface area contributed by atoms with E-state index in [-0.39, 0.29) is 12.2 Å². The molecule has 1 aliphatic heterocycles. The zero-order valence-corrected chi connectivity index (χ0v) is 14.1. The van der Waals surface area contributed by atoms with Crippen LogP contribution in [0.1, 0.15) is 35.8 Å². The number of hydrogen-bond donors (Lipinski definition) is 0. The maximum Gasteiger partial charge on any atom is 0.418 e. The number of benzene rings is 1. The second-order valence-corrected chi connectivity index (χ2v) is 5.27. The first-order valence-corrected chi connectivity index (χ1v) is 7.57. The Morgan fingerprint density at radius 3 is 2.72 bits per heavy atom. The summed E-state index contributed by atoms with van der Waals surface area (Å²) in [5.41, 5.74) is 0.972. The molecule has 0 fully saturated rings. The van der Waals surface area contributed by atoms with Crippen LogP contribution >= 0.6 is 0 Å². The lowest BCUT2D eigenvalue weighted by Crippen LogP contribution is -2.46. The maximum absolute atomic E-state index is 12.3. The Morgan fingerprint density at radius 1 is 1.40 bits per heavy atom. The van der Waals surface area contributed by atoms with E-state index in [1.165, 1.54) is 19.2 Å². The minimum absolute atomic E-state index is 0.0669. The number of aliphatic imine (C=N–C) groups is 1. The Morgan fingerprint density at radius 2 is 2.12 bits per heavy atom. The average Bonchev–Trinajstić information content (AvgIpc) is 2.60. The van der Waals surface area contributed by atoms with Gasteiger partial charge in [-0.1, -0.05) is 12.1 Å². The highest BCUT2D eigenvalue weighted by atomic mass is 16.6. The van der Waals surface area contributed by atoms with Crippen LogP contribution in [0.5, 0.6) is 0 Å². The summed E-state index contributed by atoms with van der Waals surface area (Å²) in [6.07, 6.45) is -0.891. The van der Waals surface area contributed by atoms with Gasteiger partial charge >= 0.3 is 18.1 Å². The largest absolute Gasteiger partial charge is 0.465 e. The Bertz CT molecular complexity index is 781. The van der Waals surface area contributed by atoms with Crippen LogP contribution in [-0.2, 0) is 9.47 Å². The lowest BCUT2D eigenvalue weighted by Gasteiger charge is -2.34. The van der Waals surface area contributed by atoms with Crippen molar-refractivity contribution >= 4 is 23.8 Å². The van der Waals surface area contributed by atoms with E-state index in [0.717, 1.165) is 4.90 Å². The fourth-order valence-corrected chi connectivity index (χ4v) is 2.63. The molecule has 2 unspecified atom stereocenters.